The number of rotatable bonds is 3. The summed E-state index contributed by atoms with van der Waals surface area (Å²) in [6.45, 7) is 0.609. The molecule has 0 unspecified atom stereocenters. The fraction of sp³-hybridized carbons (Fsp3) is 0.385. The molecule has 0 heterocycles. The van der Waals surface area contributed by atoms with E-state index in [1.165, 1.54) is 25.2 Å². The van der Waals surface area contributed by atoms with Gasteiger partial charge < -0.3 is 16.0 Å². The molecule has 1 aliphatic rings. The maximum absolute atomic E-state index is 13.1. The van der Waals surface area contributed by atoms with Crippen molar-refractivity contribution in [3.05, 3.63) is 29.0 Å². The highest BCUT2D eigenvalue weighted by Crippen LogP contribution is 2.34. The average molecular weight is 299 g/mol. The van der Waals surface area contributed by atoms with Gasteiger partial charge in [-0.15, -0.1) is 0 Å². The summed E-state index contributed by atoms with van der Waals surface area (Å²) in [4.78, 5) is 16.7. The van der Waals surface area contributed by atoms with Crippen molar-refractivity contribution in [1.82, 2.24) is 5.32 Å². The molecule has 5 nitrogen and oxygen atoms in total. The van der Waals surface area contributed by atoms with Gasteiger partial charge in [0.25, 0.3) is 0 Å². The molecule has 0 aliphatic heterocycles. The molecule has 1 aliphatic carbocycles. The molecule has 0 spiro atoms. The number of nitrogens with two attached hydrogens (primary N) is 1. The second-order valence-electron chi connectivity index (χ2n) is 4.67. The number of hydrogen-bond acceptors (Lipinski definition) is 1. The number of nitrogens with one attached hydrogen (secondary N) is 1. The van der Waals surface area contributed by atoms with E-state index in [2.05, 4.69) is 10.3 Å². The third-order valence-electron chi connectivity index (χ3n) is 3.04. The standard InChI is InChI=1S/C13H16ClFN4O/c1-17-13(20)18-12(16)19(7-8-2-3-8)11-5-4-9(15)6-10(11)14/h4-6,8H,2-3,7H2,1H3,(H3,16,17,18,20). The molecule has 1 aromatic rings. The predicted octanol–water partition coefficient (Wildman–Crippen LogP) is 2.35. The van der Waals surface area contributed by atoms with Crippen molar-refractivity contribution in [1.29, 1.82) is 0 Å². The van der Waals surface area contributed by atoms with Crippen LogP contribution in [0.5, 0.6) is 0 Å². The fourth-order valence-electron chi connectivity index (χ4n) is 1.79. The lowest BCUT2D eigenvalue weighted by Crippen LogP contribution is -2.40. The summed E-state index contributed by atoms with van der Waals surface area (Å²) in [5, 5.41) is 2.61. The van der Waals surface area contributed by atoms with Gasteiger partial charge in [0, 0.05) is 13.6 Å². The van der Waals surface area contributed by atoms with Gasteiger partial charge in [-0.05, 0) is 37.0 Å². The highest BCUT2D eigenvalue weighted by Gasteiger charge is 2.27. The summed E-state index contributed by atoms with van der Waals surface area (Å²) in [7, 11) is 1.47. The first-order valence-electron chi connectivity index (χ1n) is 6.29. The fourth-order valence-corrected chi connectivity index (χ4v) is 2.06. The van der Waals surface area contributed by atoms with E-state index in [0.717, 1.165) is 12.8 Å². The van der Waals surface area contributed by atoms with Crippen LogP contribution in [0.2, 0.25) is 5.02 Å². The number of hydrogen-bond donors (Lipinski definition) is 2. The number of carbonyl (C=O) groups is 1. The maximum Gasteiger partial charge on any atom is 0.343 e. The summed E-state index contributed by atoms with van der Waals surface area (Å²) < 4.78 is 13.1. The largest absolute Gasteiger partial charge is 0.369 e. The number of benzene rings is 1. The Morgan fingerprint density at radius 2 is 2.30 bits per heavy atom. The van der Waals surface area contributed by atoms with Gasteiger partial charge in [-0.3, -0.25) is 0 Å². The quantitative estimate of drug-likeness (QED) is 0.665. The van der Waals surface area contributed by atoms with Gasteiger partial charge in [0.1, 0.15) is 5.82 Å². The van der Waals surface area contributed by atoms with Gasteiger partial charge >= 0.3 is 6.03 Å². The number of anilines is 1. The number of halogens is 2. The summed E-state index contributed by atoms with van der Waals surface area (Å²) in [5.74, 6) is 0.117. The van der Waals surface area contributed by atoms with Crippen LogP contribution in [0.4, 0.5) is 14.9 Å². The Morgan fingerprint density at radius 3 is 2.85 bits per heavy atom. The average Bonchev–Trinajstić information content (AvgIpc) is 3.20. The Labute approximate surface area is 121 Å². The first kappa shape index (κ1) is 14.6. The van der Waals surface area contributed by atoms with Gasteiger partial charge in [-0.1, -0.05) is 11.6 Å². The van der Waals surface area contributed by atoms with Gasteiger partial charge in [-0.2, -0.15) is 4.99 Å². The van der Waals surface area contributed by atoms with Crippen LogP contribution in [-0.4, -0.2) is 25.6 Å². The van der Waals surface area contributed by atoms with Crippen LogP contribution in [0.3, 0.4) is 0 Å². The molecule has 0 radical (unpaired) electrons. The second-order valence-corrected chi connectivity index (χ2v) is 5.08. The Balaban J connectivity index is 2.30. The molecule has 1 fully saturated rings. The highest BCUT2D eigenvalue weighted by atomic mass is 35.5. The zero-order valence-electron chi connectivity index (χ0n) is 11.1. The minimum atomic E-state index is -0.540. The lowest BCUT2D eigenvalue weighted by molar-refractivity contribution is 0.251. The van der Waals surface area contributed by atoms with E-state index in [9.17, 15) is 9.18 Å². The van der Waals surface area contributed by atoms with Crippen LogP contribution in [-0.2, 0) is 0 Å². The van der Waals surface area contributed by atoms with Crippen LogP contribution in [0.1, 0.15) is 12.8 Å². The van der Waals surface area contributed by atoms with Gasteiger partial charge in [0.05, 0.1) is 10.7 Å². The molecular formula is C13H16ClFN4O. The van der Waals surface area contributed by atoms with E-state index in [1.807, 2.05) is 0 Å². The highest BCUT2D eigenvalue weighted by molar-refractivity contribution is 6.33. The van der Waals surface area contributed by atoms with Crippen molar-refractivity contribution in [3.8, 4) is 0 Å². The smallest absolute Gasteiger partial charge is 0.343 e. The Kier molecular flexibility index (Phi) is 4.44. The van der Waals surface area contributed by atoms with Crippen LogP contribution < -0.4 is 16.0 Å². The SMILES string of the molecule is CNC(=O)N=C(N)N(CC1CC1)c1ccc(F)cc1Cl. The van der Waals surface area contributed by atoms with Gasteiger partial charge in [0.2, 0.25) is 5.96 Å². The van der Waals surface area contributed by atoms with Crippen molar-refractivity contribution >= 4 is 29.3 Å². The number of amides is 2. The number of nitrogens with zero attached hydrogens (tertiary/aromatic N) is 2. The van der Waals surface area contributed by atoms with Crippen molar-refractivity contribution in [2.75, 3.05) is 18.5 Å². The number of aliphatic imine (C=N–C) groups is 1. The summed E-state index contributed by atoms with van der Waals surface area (Å²) in [6, 6.07) is 3.51. The Morgan fingerprint density at radius 1 is 1.60 bits per heavy atom. The first-order chi connectivity index (χ1) is 9.51. The molecule has 7 heteroatoms. The molecule has 108 valence electrons. The molecule has 1 saturated carbocycles. The van der Waals surface area contributed by atoms with Crippen LogP contribution in [0, 0.1) is 11.7 Å². The number of carbonyl (C=O) groups excluding carboxylic acids is 1. The predicted molar refractivity (Wildman–Crippen MR) is 77.6 cm³/mol. The van der Waals surface area contributed by atoms with E-state index in [-0.39, 0.29) is 11.0 Å². The molecule has 1 aromatic carbocycles. The van der Waals surface area contributed by atoms with Crippen LogP contribution in [0.15, 0.2) is 23.2 Å². The minimum Gasteiger partial charge on any atom is -0.369 e. The molecule has 2 rings (SSSR count). The normalized spacial score (nSPS) is 15.1. The molecule has 2 amide bonds. The molecule has 3 N–H and O–H groups in total. The molecule has 0 bridgehead atoms. The van der Waals surface area contributed by atoms with Crippen molar-refractivity contribution < 1.29 is 9.18 Å². The molecule has 0 aromatic heterocycles. The summed E-state index contributed by atoms with van der Waals surface area (Å²) in [5.41, 5.74) is 6.42. The van der Waals surface area contributed by atoms with E-state index in [1.54, 1.807) is 4.90 Å². The topological polar surface area (TPSA) is 70.7 Å². The number of urea groups is 1. The summed E-state index contributed by atoms with van der Waals surface area (Å²) >= 11 is 6.05. The van der Waals surface area contributed by atoms with E-state index >= 15 is 0 Å². The lowest BCUT2D eigenvalue weighted by atomic mass is 10.2. The molecular weight excluding hydrogens is 283 g/mol. The minimum absolute atomic E-state index is 0.0461. The Hall–Kier alpha value is -1.82. The second kappa shape index (κ2) is 6.09. The monoisotopic (exact) mass is 298 g/mol. The Bertz CT molecular complexity index is 545. The zero-order valence-corrected chi connectivity index (χ0v) is 11.8. The zero-order chi connectivity index (χ0) is 14.7. The molecule has 0 saturated heterocycles. The summed E-state index contributed by atoms with van der Waals surface area (Å²) in [6.07, 6.45) is 2.20. The number of guanidine groups is 1. The van der Waals surface area contributed by atoms with Crippen molar-refractivity contribution in [3.63, 3.8) is 0 Å². The third-order valence-corrected chi connectivity index (χ3v) is 3.35. The maximum atomic E-state index is 13.1. The van der Waals surface area contributed by atoms with Crippen LogP contribution in [0.25, 0.3) is 0 Å². The molecule has 0 atom stereocenters. The van der Waals surface area contributed by atoms with Gasteiger partial charge in [0.15, 0.2) is 0 Å². The van der Waals surface area contributed by atoms with E-state index < -0.39 is 11.8 Å². The van der Waals surface area contributed by atoms with Crippen LogP contribution >= 0.6 is 11.6 Å². The van der Waals surface area contributed by atoms with E-state index in [4.69, 9.17) is 17.3 Å². The van der Waals surface area contributed by atoms with E-state index in [0.29, 0.717) is 18.2 Å². The third kappa shape index (κ3) is 3.60. The van der Waals surface area contributed by atoms with Crippen molar-refractivity contribution in [2.45, 2.75) is 12.8 Å². The van der Waals surface area contributed by atoms with Crippen molar-refractivity contribution in [2.24, 2.45) is 16.6 Å². The van der Waals surface area contributed by atoms with Gasteiger partial charge in [-0.25, -0.2) is 9.18 Å². The first-order valence-corrected chi connectivity index (χ1v) is 6.67. The molecule has 20 heavy (non-hydrogen) atoms. The lowest BCUT2D eigenvalue weighted by Gasteiger charge is -2.24.